The summed E-state index contributed by atoms with van der Waals surface area (Å²) in [6, 6.07) is 0.455. The van der Waals surface area contributed by atoms with E-state index in [0.717, 1.165) is 38.9 Å². The molecule has 2 atom stereocenters. The summed E-state index contributed by atoms with van der Waals surface area (Å²) in [6.07, 6.45) is 9.29. The molecule has 6 heteroatoms. The van der Waals surface area contributed by atoms with Gasteiger partial charge in [-0.3, -0.25) is 9.59 Å². The van der Waals surface area contributed by atoms with Crippen molar-refractivity contribution in [1.29, 1.82) is 0 Å². The van der Waals surface area contributed by atoms with Crippen molar-refractivity contribution in [3.8, 4) is 0 Å². The van der Waals surface area contributed by atoms with E-state index in [9.17, 15) is 9.59 Å². The monoisotopic (exact) mass is 343 g/mol. The van der Waals surface area contributed by atoms with Crippen molar-refractivity contribution in [3.63, 3.8) is 0 Å². The molecule has 0 aromatic carbocycles. The topological polar surface area (TPSA) is 61.4 Å². The van der Waals surface area contributed by atoms with Gasteiger partial charge in [0.05, 0.1) is 6.04 Å². The average Bonchev–Trinajstić information content (AvgIpc) is 3.16. The van der Waals surface area contributed by atoms with Crippen molar-refractivity contribution in [2.45, 2.75) is 69.9 Å². The van der Waals surface area contributed by atoms with Crippen molar-refractivity contribution < 1.29 is 9.59 Å². The van der Waals surface area contributed by atoms with Crippen LogP contribution in [0.4, 0.5) is 0 Å². The summed E-state index contributed by atoms with van der Waals surface area (Å²) in [6.45, 7) is 2.85. The van der Waals surface area contributed by atoms with Crippen LogP contribution in [0.15, 0.2) is 0 Å². The number of rotatable bonds is 5. The first kappa shape index (κ1) is 18.5. The van der Waals surface area contributed by atoms with E-state index in [-0.39, 0.29) is 30.3 Å². The van der Waals surface area contributed by atoms with Crippen LogP contribution < -0.4 is 10.6 Å². The zero-order chi connectivity index (χ0) is 15.4. The lowest BCUT2D eigenvalue weighted by Crippen LogP contribution is -2.41. The highest BCUT2D eigenvalue weighted by atomic mass is 35.5. The van der Waals surface area contributed by atoms with Gasteiger partial charge in [-0.05, 0) is 44.7 Å². The molecule has 2 aliphatic heterocycles. The minimum atomic E-state index is 0. The summed E-state index contributed by atoms with van der Waals surface area (Å²) in [7, 11) is 0. The lowest BCUT2D eigenvalue weighted by Gasteiger charge is -2.31. The summed E-state index contributed by atoms with van der Waals surface area (Å²) in [5, 5.41) is 6.41. The maximum atomic E-state index is 12.2. The van der Waals surface area contributed by atoms with Gasteiger partial charge < -0.3 is 15.5 Å². The molecule has 2 amide bonds. The molecule has 2 N–H and O–H groups in total. The summed E-state index contributed by atoms with van der Waals surface area (Å²) in [4.78, 5) is 26.3. The number of carbonyl (C=O) groups excluding carboxylic acids is 2. The van der Waals surface area contributed by atoms with E-state index in [1.807, 2.05) is 4.90 Å². The van der Waals surface area contributed by atoms with Gasteiger partial charge in [0.1, 0.15) is 0 Å². The number of amides is 2. The van der Waals surface area contributed by atoms with Gasteiger partial charge in [0.25, 0.3) is 0 Å². The van der Waals surface area contributed by atoms with E-state index in [1.54, 1.807) is 0 Å². The summed E-state index contributed by atoms with van der Waals surface area (Å²) in [5.41, 5.74) is 0. The first-order valence-corrected chi connectivity index (χ1v) is 9.02. The van der Waals surface area contributed by atoms with Crippen LogP contribution in [-0.4, -0.2) is 48.4 Å². The number of halogens is 1. The molecule has 2 heterocycles. The fourth-order valence-electron chi connectivity index (χ4n) is 4.17. The Morgan fingerprint density at radius 1 is 1.22 bits per heavy atom. The second-order valence-corrected chi connectivity index (χ2v) is 7.20. The van der Waals surface area contributed by atoms with E-state index in [1.165, 1.54) is 25.7 Å². The number of nitrogens with zero attached hydrogens (tertiary/aromatic N) is 1. The fraction of sp³-hybridized carbons (Fsp3) is 0.882. The highest BCUT2D eigenvalue weighted by Crippen LogP contribution is 2.26. The van der Waals surface area contributed by atoms with Gasteiger partial charge in [-0.15, -0.1) is 12.4 Å². The van der Waals surface area contributed by atoms with Gasteiger partial charge >= 0.3 is 0 Å². The van der Waals surface area contributed by atoms with Gasteiger partial charge in [0.2, 0.25) is 11.8 Å². The number of hydrogen-bond acceptors (Lipinski definition) is 3. The lowest BCUT2D eigenvalue weighted by molar-refractivity contribution is -0.130. The molecule has 0 aromatic heterocycles. The highest BCUT2D eigenvalue weighted by molar-refractivity contribution is 5.85. The molecule has 2 saturated heterocycles. The quantitative estimate of drug-likeness (QED) is 0.800. The Balaban J connectivity index is 0.00000192. The van der Waals surface area contributed by atoms with Crippen molar-refractivity contribution >= 4 is 24.2 Å². The van der Waals surface area contributed by atoms with Crippen LogP contribution in [-0.2, 0) is 9.59 Å². The minimum Gasteiger partial charge on any atom is -0.351 e. The van der Waals surface area contributed by atoms with E-state index in [2.05, 4.69) is 10.6 Å². The smallest absolute Gasteiger partial charge is 0.225 e. The molecule has 0 bridgehead atoms. The third-order valence-electron chi connectivity index (χ3n) is 5.48. The van der Waals surface area contributed by atoms with Gasteiger partial charge in [-0.1, -0.05) is 19.3 Å². The van der Waals surface area contributed by atoms with Crippen molar-refractivity contribution in [3.05, 3.63) is 0 Å². The largest absolute Gasteiger partial charge is 0.351 e. The predicted octanol–water partition coefficient (Wildman–Crippen LogP) is 1.85. The molecule has 1 aliphatic carbocycles. The molecular weight excluding hydrogens is 314 g/mol. The van der Waals surface area contributed by atoms with Gasteiger partial charge in [0.15, 0.2) is 0 Å². The van der Waals surface area contributed by atoms with E-state index in [4.69, 9.17) is 0 Å². The molecular formula is C17H30ClN3O2. The lowest BCUT2D eigenvalue weighted by atomic mass is 9.94. The van der Waals surface area contributed by atoms with Crippen molar-refractivity contribution in [1.82, 2.24) is 15.5 Å². The van der Waals surface area contributed by atoms with Gasteiger partial charge in [0, 0.05) is 25.4 Å². The Hall–Kier alpha value is -0.810. The summed E-state index contributed by atoms with van der Waals surface area (Å²) < 4.78 is 0. The Bertz CT molecular complexity index is 407. The first-order chi connectivity index (χ1) is 10.7. The third kappa shape index (κ3) is 5.08. The van der Waals surface area contributed by atoms with E-state index < -0.39 is 0 Å². The molecule has 0 aromatic rings. The Labute approximate surface area is 145 Å². The number of likely N-dealkylation sites (tertiary alicyclic amines) is 1. The van der Waals surface area contributed by atoms with Crippen LogP contribution in [0.2, 0.25) is 0 Å². The zero-order valence-electron chi connectivity index (χ0n) is 13.9. The van der Waals surface area contributed by atoms with Gasteiger partial charge in [-0.2, -0.15) is 0 Å². The van der Waals surface area contributed by atoms with E-state index >= 15 is 0 Å². The summed E-state index contributed by atoms with van der Waals surface area (Å²) >= 11 is 0. The molecule has 132 valence electrons. The standard InChI is InChI=1S/C17H29N3O2.ClH/c21-16(7-6-13-8-9-18-11-13)19-14-10-17(22)20(12-14)15-4-2-1-3-5-15;/h13-15,18H,1-12H2,(H,19,21);1H. The van der Waals surface area contributed by atoms with Crippen LogP contribution in [0.3, 0.4) is 0 Å². The minimum absolute atomic E-state index is 0. The Kier molecular flexibility index (Phi) is 7.15. The number of nitrogens with one attached hydrogen (secondary N) is 2. The van der Waals surface area contributed by atoms with Crippen LogP contribution >= 0.6 is 12.4 Å². The zero-order valence-corrected chi connectivity index (χ0v) is 14.7. The highest BCUT2D eigenvalue weighted by Gasteiger charge is 2.35. The van der Waals surface area contributed by atoms with Crippen molar-refractivity contribution in [2.24, 2.45) is 5.92 Å². The molecule has 3 rings (SSSR count). The molecule has 5 nitrogen and oxygen atoms in total. The molecule has 3 aliphatic rings. The Morgan fingerprint density at radius 2 is 2.00 bits per heavy atom. The number of hydrogen-bond donors (Lipinski definition) is 2. The summed E-state index contributed by atoms with van der Waals surface area (Å²) in [5.74, 6) is 1.00. The van der Waals surface area contributed by atoms with Crippen LogP contribution in [0, 0.1) is 5.92 Å². The first-order valence-electron chi connectivity index (χ1n) is 9.02. The molecule has 1 saturated carbocycles. The van der Waals surface area contributed by atoms with Gasteiger partial charge in [-0.25, -0.2) is 0 Å². The molecule has 2 unspecified atom stereocenters. The van der Waals surface area contributed by atoms with Crippen molar-refractivity contribution in [2.75, 3.05) is 19.6 Å². The van der Waals surface area contributed by atoms with Crippen LogP contribution in [0.25, 0.3) is 0 Å². The predicted molar refractivity (Wildman–Crippen MR) is 92.6 cm³/mol. The average molecular weight is 344 g/mol. The molecule has 0 radical (unpaired) electrons. The Morgan fingerprint density at radius 3 is 2.70 bits per heavy atom. The molecule has 3 fully saturated rings. The second-order valence-electron chi connectivity index (χ2n) is 7.20. The van der Waals surface area contributed by atoms with E-state index in [0.29, 0.717) is 24.8 Å². The van der Waals surface area contributed by atoms with Crippen LogP contribution in [0.5, 0.6) is 0 Å². The normalized spacial score (nSPS) is 28.7. The fourth-order valence-corrected chi connectivity index (χ4v) is 4.17. The number of carbonyl (C=O) groups is 2. The van der Waals surface area contributed by atoms with Crippen LogP contribution in [0.1, 0.15) is 57.8 Å². The second kappa shape index (κ2) is 8.88. The maximum Gasteiger partial charge on any atom is 0.225 e. The third-order valence-corrected chi connectivity index (χ3v) is 5.48. The maximum absolute atomic E-state index is 12.2. The molecule has 23 heavy (non-hydrogen) atoms. The molecule has 0 spiro atoms. The SMILES string of the molecule is Cl.O=C(CCC1CCNC1)NC1CC(=O)N(C2CCCCC2)C1.